The number of carbonyl (C=O) groups is 1. The number of sulfone groups is 1. The lowest BCUT2D eigenvalue weighted by molar-refractivity contribution is -0.116. The first-order valence-corrected chi connectivity index (χ1v) is 14.6. The fraction of sp³-hybridized carbons (Fsp3) is 0.545. The van der Waals surface area contributed by atoms with Gasteiger partial charge in [0.2, 0.25) is 15.9 Å². The summed E-state index contributed by atoms with van der Waals surface area (Å²) < 4.78 is 52.3. The number of aryl methyl sites for hydroxylation is 2. The van der Waals surface area contributed by atoms with Crippen molar-refractivity contribution in [3.05, 3.63) is 41.6 Å². The van der Waals surface area contributed by atoms with Crippen LogP contribution in [-0.4, -0.2) is 61.4 Å². The molecule has 180 valence electrons. The summed E-state index contributed by atoms with van der Waals surface area (Å²) in [6, 6.07) is 8.19. The highest BCUT2D eigenvalue weighted by Gasteiger charge is 2.31. The van der Waals surface area contributed by atoms with E-state index in [0.717, 1.165) is 24.8 Å². The molecule has 9 nitrogen and oxygen atoms in total. The highest BCUT2D eigenvalue weighted by atomic mass is 32.2. The number of benzene rings is 1. The third-order valence-electron chi connectivity index (χ3n) is 6.20. The molecule has 1 unspecified atom stereocenters. The molecule has 1 N–H and O–H groups in total. The van der Waals surface area contributed by atoms with E-state index in [-0.39, 0.29) is 34.8 Å². The minimum Gasteiger partial charge on any atom is -0.311 e. The normalized spacial score (nSPS) is 21.2. The summed E-state index contributed by atoms with van der Waals surface area (Å²) in [6.07, 6.45) is 4.00. The minimum absolute atomic E-state index is 0.0314. The molecule has 0 saturated carbocycles. The van der Waals surface area contributed by atoms with Gasteiger partial charge in [0.1, 0.15) is 5.82 Å². The van der Waals surface area contributed by atoms with Crippen LogP contribution in [0.1, 0.15) is 49.4 Å². The molecule has 3 heterocycles. The molecule has 33 heavy (non-hydrogen) atoms. The van der Waals surface area contributed by atoms with Crippen LogP contribution in [0.2, 0.25) is 0 Å². The first-order valence-electron chi connectivity index (χ1n) is 11.3. The Hall–Kier alpha value is -2.24. The molecule has 0 spiro atoms. The maximum atomic E-state index is 12.8. The Bertz CT molecular complexity index is 1210. The molecule has 2 aliphatic heterocycles. The van der Waals surface area contributed by atoms with Gasteiger partial charge in [0, 0.05) is 25.6 Å². The van der Waals surface area contributed by atoms with Crippen molar-refractivity contribution < 1.29 is 21.6 Å². The lowest BCUT2D eigenvalue weighted by Gasteiger charge is -2.25. The van der Waals surface area contributed by atoms with Crippen molar-refractivity contribution in [3.8, 4) is 0 Å². The van der Waals surface area contributed by atoms with Crippen LogP contribution in [-0.2, 0) is 31.1 Å². The van der Waals surface area contributed by atoms with E-state index in [9.17, 15) is 21.6 Å². The number of aromatic nitrogens is 2. The molecule has 0 bridgehead atoms. The number of sulfonamides is 1. The predicted octanol–water partition coefficient (Wildman–Crippen LogP) is 2.30. The second-order valence-electron chi connectivity index (χ2n) is 8.83. The van der Waals surface area contributed by atoms with Gasteiger partial charge in [-0.3, -0.25) is 4.79 Å². The molecule has 0 aliphatic carbocycles. The van der Waals surface area contributed by atoms with Crippen LogP contribution >= 0.6 is 0 Å². The van der Waals surface area contributed by atoms with Gasteiger partial charge in [0.25, 0.3) is 0 Å². The summed E-state index contributed by atoms with van der Waals surface area (Å²) in [7, 11) is -6.53. The first-order chi connectivity index (χ1) is 15.6. The van der Waals surface area contributed by atoms with Crippen LogP contribution < -0.4 is 5.32 Å². The smallest absolute Gasteiger partial charge is 0.243 e. The molecule has 2 fully saturated rings. The number of piperidine rings is 1. The van der Waals surface area contributed by atoms with Crippen molar-refractivity contribution in [2.45, 2.75) is 56.4 Å². The third-order valence-corrected chi connectivity index (χ3v) is 9.86. The second kappa shape index (κ2) is 9.55. The zero-order chi connectivity index (χ0) is 23.6. The average Bonchev–Trinajstić information content (AvgIpc) is 3.34. The van der Waals surface area contributed by atoms with Gasteiger partial charge in [-0.25, -0.2) is 21.5 Å². The monoisotopic (exact) mass is 494 g/mol. The molecule has 1 aromatic heterocycles. The fourth-order valence-corrected chi connectivity index (χ4v) is 7.61. The number of nitrogens with zero attached hydrogens (tertiary/aromatic N) is 3. The molecule has 0 radical (unpaired) electrons. The molecular formula is C22H30N4O5S2. The van der Waals surface area contributed by atoms with Crippen molar-refractivity contribution in [3.63, 3.8) is 0 Å². The molecule has 1 amide bonds. The van der Waals surface area contributed by atoms with E-state index < -0.39 is 19.9 Å². The van der Waals surface area contributed by atoms with Gasteiger partial charge in [-0.15, -0.1) is 0 Å². The number of hydrogen-bond donors (Lipinski definition) is 1. The van der Waals surface area contributed by atoms with Gasteiger partial charge >= 0.3 is 0 Å². The van der Waals surface area contributed by atoms with E-state index >= 15 is 0 Å². The van der Waals surface area contributed by atoms with Gasteiger partial charge in [0.15, 0.2) is 9.84 Å². The van der Waals surface area contributed by atoms with Crippen molar-refractivity contribution >= 4 is 31.6 Å². The van der Waals surface area contributed by atoms with E-state index in [2.05, 4.69) is 10.4 Å². The summed E-state index contributed by atoms with van der Waals surface area (Å²) >= 11 is 0. The van der Waals surface area contributed by atoms with Crippen LogP contribution in [0.15, 0.2) is 35.2 Å². The number of carbonyl (C=O) groups excluding carboxylic acids is 1. The summed E-state index contributed by atoms with van der Waals surface area (Å²) in [4.78, 5) is 12.8. The minimum atomic E-state index is -3.47. The molecule has 2 aliphatic rings. The molecular weight excluding hydrogens is 464 g/mol. The Morgan fingerprint density at radius 1 is 1.15 bits per heavy atom. The van der Waals surface area contributed by atoms with Crippen molar-refractivity contribution in [1.29, 1.82) is 0 Å². The third kappa shape index (κ3) is 5.64. The molecule has 11 heteroatoms. The van der Waals surface area contributed by atoms with Gasteiger partial charge in [-0.1, -0.05) is 18.6 Å². The highest BCUT2D eigenvalue weighted by Crippen LogP contribution is 2.27. The van der Waals surface area contributed by atoms with Crippen LogP contribution in [0.25, 0.3) is 0 Å². The van der Waals surface area contributed by atoms with Gasteiger partial charge in [0.05, 0.1) is 28.1 Å². The number of amides is 1. The number of nitrogens with one attached hydrogen (secondary N) is 1. The van der Waals surface area contributed by atoms with E-state index in [4.69, 9.17) is 0 Å². The van der Waals surface area contributed by atoms with E-state index in [1.807, 2.05) is 0 Å². The lowest BCUT2D eigenvalue weighted by Crippen LogP contribution is -2.35. The molecule has 2 aromatic rings. The maximum absolute atomic E-state index is 12.8. The van der Waals surface area contributed by atoms with Crippen molar-refractivity contribution in [2.75, 3.05) is 29.9 Å². The Labute approximate surface area is 195 Å². The van der Waals surface area contributed by atoms with Gasteiger partial charge < -0.3 is 5.32 Å². The van der Waals surface area contributed by atoms with E-state index in [0.29, 0.717) is 37.4 Å². The number of rotatable bonds is 7. The standard InChI is InChI=1S/C22H30N4O5S2/c1-17-15-21(26(24-17)19-11-14-32(28,29)16-19)23-22(27)10-7-18-5-8-20(9-6-18)33(30,31)25-12-3-2-4-13-25/h5-6,8-9,15,19H,2-4,7,10-14,16H2,1H3,(H,23,27). The lowest BCUT2D eigenvalue weighted by atomic mass is 10.1. The topological polar surface area (TPSA) is 118 Å². The Morgan fingerprint density at radius 2 is 1.85 bits per heavy atom. The SMILES string of the molecule is Cc1cc(NC(=O)CCc2ccc(S(=O)(=O)N3CCCCC3)cc2)n(C2CCS(=O)(=O)C2)n1. The Kier molecular flexibility index (Phi) is 6.92. The zero-order valence-corrected chi connectivity index (χ0v) is 20.4. The van der Waals surface area contributed by atoms with Crippen molar-refractivity contribution in [2.24, 2.45) is 0 Å². The van der Waals surface area contributed by atoms with E-state index in [1.165, 1.54) is 0 Å². The van der Waals surface area contributed by atoms with Crippen LogP contribution in [0, 0.1) is 6.92 Å². The summed E-state index contributed by atoms with van der Waals surface area (Å²) in [5.41, 5.74) is 1.58. The molecule has 1 atom stereocenters. The summed E-state index contributed by atoms with van der Waals surface area (Å²) in [5.74, 6) is 0.460. The van der Waals surface area contributed by atoms with Crippen LogP contribution in [0.5, 0.6) is 0 Å². The average molecular weight is 495 g/mol. The Morgan fingerprint density at radius 3 is 2.48 bits per heavy atom. The van der Waals surface area contributed by atoms with Crippen LogP contribution in [0.4, 0.5) is 5.82 Å². The van der Waals surface area contributed by atoms with Crippen molar-refractivity contribution in [1.82, 2.24) is 14.1 Å². The predicted molar refractivity (Wildman–Crippen MR) is 125 cm³/mol. The molecule has 4 rings (SSSR count). The number of hydrogen-bond acceptors (Lipinski definition) is 6. The second-order valence-corrected chi connectivity index (χ2v) is 13.0. The Balaban J connectivity index is 1.35. The van der Waals surface area contributed by atoms with Gasteiger partial charge in [-0.05, 0) is 50.3 Å². The quantitative estimate of drug-likeness (QED) is 0.631. The largest absolute Gasteiger partial charge is 0.311 e. The van der Waals surface area contributed by atoms with E-state index in [1.54, 1.807) is 46.2 Å². The molecule has 1 aromatic carbocycles. The highest BCUT2D eigenvalue weighted by molar-refractivity contribution is 7.91. The first kappa shape index (κ1) is 23.9. The number of anilines is 1. The fourth-order valence-electron chi connectivity index (χ4n) is 4.40. The summed E-state index contributed by atoms with van der Waals surface area (Å²) in [5, 5.41) is 7.23. The maximum Gasteiger partial charge on any atom is 0.243 e. The zero-order valence-electron chi connectivity index (χ0n) is 18.7. The van der Waals surface area contributed by atoms with Crippen LogP contribution in [0.3, 0.4) is 0 Å². The van der Waals surface area contributed by atoms with Gasteiger partial charge in [-0.2, -0.15) is 9.40 Å². The summed E-state index contributed by atoms with van der Waals surface area (Å²) in [6.45, 7) is 2.93. The molecule has 2 saturated heterocycles.